The van der Waals surface area contributed by atoms with Gasteiger partial charge in [0.1, 0.15) is 47.2 Å². The molecule has 1 aromatic carbocycles. The number of nitrogens with two attached hydrogens (primary N) is 1. The molecular formula is C64H93N13O18S2. The fraction of sp³-hybridized carbons (Fsp3) is 0.656. The number of thioether (sulfide) groups is 1. The van der Waals surface area contributed by atoms with Gasteiger partial charge in [0.15, 0.2) is 0 Å². The van der Waals surface area contributed by atoms with E-state index in [-0.39, 0.29) is 57.1 Å². The average Bonchev–Trinajstić information content (AvgIpc) is 1.62. The quantitative estimate of drug-likeness (QED) is 0.0459. The minimum absolute atomic E-state index is 0.00781. The molecule has 2 bridgehead atoms. The van der Waals surface area contributed by atoms with Crippen LogP contribution in [0.3, 0.4) is 0 Å². The standard InChI is InChI=1S/C64H93N13O18S2/c1-5-33(2)54-61(91)68-26-49(82)69-44-32-97(94)63-40(24-42(58(88)67-27-50(83)72-54)70-62(92)55(34(3)46(80)30-78)73-60(90)45-23-37(79)29-76(45)64(93)43(25-48(65)81)71-59(44)89)39-14-15-47(95-4)41(56(39)74-63)31-96-38-18-21-75(22-19-38)51(84)9-7-6-8-20-66-57(87)36-12-10-35(11-13-36)28-77-52(85)16-17-53(77)86/h14-17,33-38,42-46,54-55,61,68,74,78-80,91H,5-13,18-32H2,1-4H3,(H2,65,81)(H,66,87)(H,67,88)(H,69,82)(H,70,92)(H,71,89)(H,72,83)(H,73,90)/t33-,34-,35?,36?,37+,42-,43-,44-,45-,46-,54-,55-,61?,97?/m0/s1. The van der Waals surface area contributed by atoms with Crippen LogP contribution in [0.4, 0.5) is 0 Å². The van der Waals surface area contributed by atoms with Gasteiger partial charge in [0.25, 0.3) is 11.8 Å². The average molecular weight is 1400 g/mol. The molecule has 15 N–H and O–H groups in total. The Labute approximate surface area is 568 Å². The Morgan fingerprint density at radius 1 is 0.835 bits per heavy atom. The first-order chi connectivity index (χ1) is 46.3. The van der Waals surface area contributed by atoms with Crippen LogP contribution < -0.4 is 53.0 Å². The van der Waals surface area contributed by atoms with Crippen LogP contribution in [-0.4, -0.2) is 240 Å². The van der Waals surface area contributed by atoms with Gasteiger partial charge in [-0.05, 0) is 80.9 Å². The van der Waals surface area contributed by atoms with E-state index in [0.717, 1.165) is 24.2 Å². The molecule has 33 heteroatoms. The first-order valence-corrected chi connectivity index (χ1v) is 35.7. The molecule has 5 aliphatic heterocycles. The summed E-state index contributed by atoms with van der Waals surface area (Å²) in [6, 6.07) is -6.66. The van der Waals surface area contributed by atoms with Gasteiger partial charge in [-0.25, -0.2) is 0 Å². The van der Waals surface area contributed by atoms with Crippen molar-refractivity contribution in [2.24, 2.45) is 29.4 Å². The number of piperidine rings is 1. The monoisotopic (exact) mass is 1400 g/mol. The van der Waals surface area contributed by atoms with Gasteiger partial charge < -0.3 is 82.9 Å². The Balaban J connectivity index is 1.04. The number of aromatic amines is 1. The molecule has 0 radical (unpaired) electrons. The number of aliphatic hydroxyl groups excluding tert-OH is 4. The molecule has 12 atom stereocenters. The minimum Gasteiger partial charge on any atom is -0.496 e. The summed E-state index contributed by atoms with van der Waals surface area (Å²) in [4.78, 5) is 172. The van der Waals surface area contributed by atoms with E-state index in [1.54, 1.807) is 37.7 Å². The number of carbonyl (C=O) groups excluding carboxylic acids is 12. The molecule has 1 aromatic heterocycles. The number of methoxy groups -OCH3 is 1. The predicted octanol–water partition coefficient (Wildman–Crippen LogP) is -3.19. The second kappa shape index (κ2) is 34.8. The number of aliphatic hydroxyl groups is 4. The lowest BCUT2D eigenvalue weighted by atomic mass is 9.81. The summed E-state index contributed by atoms with van der Waals surface area (Å²) in [5, 5.41) is 64.8. The Hall–Kier alpha value is -7.56. The van der Waals surface area contributed by atoms with Crippen molar-refractivity contribution in [3.63, 3.8) is 0 Å². The van der Waals surface area contributed by atoms with Crippen molar-refractivity contribution in [3.8, 4) is 5.75 Å². The van der Waals surface area contributed by atoms with Gasteiger partial charge in [0.05, 0.1) is 73.5 Å². The fourth-order valence-electron chi connectivity index (χ4n) is 13.3. The molecular weight excluding hydrogens is 1300 g/mol. The highest BCUT2D eigenvalue weighted by Crippen LogP contribution is 2.39. The predicted molar refractivity (Wildman–Crippen MR) is 352 cm³/mol. The van der Waals surface area contributed by atoms with Gasteiger partial charge in [0.2, 0.25) is 59.1 Å². The first kappa shape index (κ1) is 75.2. The van der Waals surface area contributed by atoms with Crippen molar-refractivity contribution in [3.05, 3.63) is 35.4 Å². The lowest BCUT2D eigenvalue weighted by Crippen LogP contribution is -2.62. The molecule has 2 aromatic rings. The van der Waals surface area contributed by atoms with E-state index in [2.05, 4.69) is 47.5 Å². The number of rotatable bonds is 20. The minimum atomic E-state index is -2.44. The molecule has 6 heterocycles. The number of ether oxygens (including phenoxy) is 1. The molecule has 97 heavy (non-hydrogen) atoms. The highest BCUT2D eigenvalue weighted by Gasteiger charge is 2.46. The number of fused-ring (bicyclic) bond motifs is 5. The molecule has 31 nitrogen and oxygen atoms in total. The van der Waals surface area contributed by atoms with Gasteiger partial charge in [0, 0.05) is 97.9 Å². The Morgan fingerprint density at radius 2 is 1.54 bits per heavy atom. The zero-order valence-electron chi connectivity index (χ0n) is 55.1. The molecule has 534 valence electrons. The number of benzene rings is 1. The van der Waals surface area contributed by atoms with E-state index in [1.165, 1.54) is 31.1 Å². The lowest BCUT2D eigenvalue weighted by molar-refractivity contribution is -0.144. The number of nitrogens with zero attached hydrogens (tertiary/aromatic N) is 3. The topological polar surface area (TPSA) is 460 Å². The molecule has 1 aliphatic carbocycles. The summed E-state index contributed by atoms with van der Waals surface area (Å²) in [5.41, 5.74) is 6.67. The smallest absolute Gasteiger partial charge is 0.253 e. The van der Waals surface area contributed by atoms with Gasteiger partial charge >= 0.3 is 0 Å². The number of nitrogens with one attached hydrogen (secondary N) is 9. The van der Waals surface area contributed by atoms with E-state index in [1.807, 2.05) is 4.90 Å². The number of hydrogen-bond acceptors (Lipinski definition) is 20. The summed E-state index contributed by atoms with van der Waals surface area (Å²) in [6.45, 7) is 3.79. The third-order valence-corrected chi connectivity index (χ3v) is 22.2. The van der Waals surface area contributed by atoms with Crippen LogP contribution in [-0.2, 0) is 80.5 Å². The maximum atomic E-state index is 15.5. The van der Waals surface area contributed by atoms with Crippen molar-refractivity contribution < 1.29 is 86.9 Å². The van der Waals surface area contributed by atoms with Crippen LogP contribution in [0.15, 0.2) is 29.3 Å². The van der Waals surface area contributed by atoms with Gasteiger partial charge in [-0.2, -0.15) is 11.8 Å². The second-order valence-electron chi connectivity index (χ2n) is 26.1. The number of H-pyrrole nitrogens is 1. The number of primary amides is 1. The van der Waals surface area contributed by atoms with E-state index in [9.17, 15) is 78.0 Å². The van der Waals surface area contributed by atoms with Gasteiger partial charge in [-0.1, -0.05) is 33.6 Å². The number of unbranched alkanes of at least 4 members (excludes halogenated alkanes) is 2. The maximum Gasteiger partial charge on any atom is 0.253 e. The van der Waals surface area contributed by atoms with E-state index in [4.69, 9.17) is 10.5 Å². The van der Waals surface area contributed by atoms with Crippen LogP contribution in [0.5, 0.6) is 5.75 Å². The highest BCUT2D eigenvalue weighted by atomic mass is 32.2. The largest absolute Gasteiger partial charge is 0.496 e. The Bertz CT molecular complexity index is 3300. The third kappa shape index (κ3) is 19.4. The number of aromatic nitrogens is 1. The van der Waals surface area contributed by atoms with Crippen LogP contribution in [0.2, 0.25) is 0 Å². The SMILES string of the molecule is CC[C@H](C)[C@@H]1NC(=O)CNC(=O)[C@@H]2Cc3c([nH]c4c(CSC5CCN(C(=O)CCCCCNC(=O)C6CCC(CN7C(=O)C=CC7=O)CC6)CC5)c(OC)ccc34)S(=O)C[C@H](NC(=O)CNC1O)C(=O)N[C@@H](CC(N)=O)C(=O)N1C[C@H](O)C[C@H]1C(=O)N[C@@H]([C@@H](C)[C@@H](O)CO)C(=O)N2. The van der Waals surface area contributed by atoms with Crippen molar-refractivity contribution in [2.45, 2.75) is 181 Å². The summed E-state index contributed by atoms with van der Waals surface area (Å²) >= 11 is 1.58. The summed E-state index contributed by atoms with van der Waals surface area (Å²) in [7, 11) is -0.987. The molecule has 1 saturated carbocycles. The summed E-state index contributed by atoms with van der Waals surface area (Å²) in [5.74, 6) is -10.7. The maximum absolute atomic E-state index is 15.5. The number of carbonyl (C=O) groups is 12. The number of amides is 12. The van der Waals surface area contributed by atoms with Crippen molar-refractivity contribution in [1.82, 2.24) is 62.2 Å². The molecule has 0 spiro atoms. The number of likely N-dealkylation sites (tertiary alicyclic amines) is 1. The van der Waals surface area contributed by atoms with Crippen LogP contribution in [0.1, 0.15) is 115 Å². The van der Waals surface area contributed by atoms with Crippen LogP contribution in [0.25, 0.3) is 10.9 Å². The van der Waals surface area contributed by atoms with Crippen LogP contribution in [0, 0.1) is 23.7 Å². The second-order valence-corrected chi connectivity index (χ2v) is 28.8. The molecule has 2 unspecified atom stereocenters. The highest BCUT2D eigenvalue weighted by molar-refractivity contribution is 7.99. The lowest BCUT2D eigenvalue weighted by Gasteiger charge is -2.33. The van der Waals surface area contributed by atoms with Crippen molar-refractivity contribution in [2.75, 3.05) is 65.3 Å². The van der Waals surface area contributed by atoms with Crippen molar-refractivity contribution >= 4 is 104 Å². The van der Waals surface area contributed by atoms with Crippen molar-refractivity contribution in [1.29, 1.82) is 0 Å². The number of hydrogen-bond donors (Lipinski definition) is 14. The van der Waals surface area contributed by atoms with Crippen LogP contribution >= 0.6 is 11.8 Å². The first-order valence-electron chi connectivity index (χ1n) is 33.3. The molecule has 8 rings (SSSR count). The van der Waals surface area contributed by atoms with E-state index in [0.29, 0.717) is 99.8 Å². The van der Waals surface area contributed by atoms with E-state index >= 15 is 4.21 Å². The third-order valence-electron chi connectivity index (χ3n) is 19.4. The summed E-state index contributed by atoms with van der Waals surface area (Å²) in [6.07, 6.45) is 3.04. The summed E-state index contributed by atoms with van der Waals surface area (Å²) < 4.78 is 21.4. The zero-order valence-corrected chi connectivity index (χ0v) is 56.7. The molecule has 6 aliphatic rings. The Kier molecular flexibility index (Phi) is 27.0. The van der Waals surface area contributed by atoms with Gasteiger partial charge in [-0.15, -0.1) is 0 Å². The molecule has 12 amide bonds. The normalized spacial score (nSPS) is 27.9. The van der Waals surface area contributed by atoms with E-state index < -0.39 is 176 Å². The number of imide groups is 1. The Morgan fingerprint density at radius 3 is 2.21 bits per heavy atom. The molecule has 2 saturated heterocycles. The molecule has 3 fully saturated rings. The van der Waals surface area contributed by atoms with Gasteiger partial charge in [-0.3, -0.25) is 72.0 Å². The fourth-order valence-corrected chi connectivity index (χ4v) is 16.0. The zero-order chi connectivity index (χ0) is 70.4.